The third-order valence-electron chi connectivity index (χ3n) is 2.78. The van der Waals surface area contributed by atoms with Crippen LogP contribution < -0.4 is 5.32 Å². The maximum atomic E-state index is 12.0. The fraction of sp³-hybridized carbons (Fsp3) is 0.0769. The second-order valence-electron chi connectivity index (χ2n) is 4.10. The number of amides is 1. The second-order valence-corrected chi connectivity index (χ2v) is 4.91. The zero-order valence-electron chi connectivity index (χ0n) is 10.3. The molecular weight excluding hydrogens is 322 g/mol. The first kappa shape index (κ1) is 12.7. The highest BCUT2D eigenvalue weighted by Crippen LogP contribution is 2.07. The Kier molecular flexibility index (Phi) is 3.42. The summed E-state index contributed by atoms with van der Waals surface area (Å²) in [5.41, 5.74) is 1.25. The molecule has 0 radical (unpaired) electrons. The van der Waals surface area contributed by atoms with Crippen molar-refractivity contribution in [2.75, 3.05) is 0 Å². The molecule has 0 aliphatic rings. The van der Waals surface area contributed by atoms with Crippen LogP contribution in [0.15, 0.2) is 47.3 Å². The van der Waals surface area contributed by atoms with Gasteiger partial charge in [0.1, 0.15) is 4.60 Å². The summed E-state index contributed by atoms with van der Waals surface area (Å²) in [6.45, 7) is 0.306. The lowest BCUT2D eigenvalue weighted by Gasteiger charge is -2.04. The molecule has 1 amide bonds. The molecule has 3 heterocycles. The number of nitrogens with one attached hydrogen (secondary N) is 1. The van der Waals surface area contributed by atoms with E-state index >= 15 is 0 Å². The Morgan fingerprint density at radius 1 is 1.25 bits per heavy atom. The largest absolute Gasteiger partial charge is 0.345 e. The Labute approximate surface area is 123 Å². The minimum atomic E-state index is -0.197. The number of hydrogen-bond donors (Lipinski definition) is 1. The van der Waals surface area contributed by atoms with Gasteiger partial charge < -0.3 is 5.32 Å². The van der Waals surface area contributed by atoms with E-state index in [1.54, 1.807) is 12.1 Å². The van der Waals surface area contributed by atoms with Gasteiger partial charge in [-0.15, -0.1) is 10.2 Å². The highest BCUT2D eigenvalue weighted by atomic mass is 79.9. The summed E-state index contributed by atoms with van der Waals surface area (Å²) in [5.74, 6) is 0.483. The first-order valence-corrected chi connectivity index (χ1v) is 6.72. The number of halogens is 1. The van der Waals surface area contributed by atoms with Crippen molar-refractivity contribution in [2.45, 2.75) is 6.54 Å². The van der Waals surface area contributed by atoms with Crippen LogP contribution in [-0.4, -0.2) is 25.5 Å². The summed E-state index contributed by atoms with van der Waals surface area (Å²) in [4.78, 5) is 16.0. The van der Waals surface area contributed by atoms with Crippen molar-refractivity contribution in [3.63, 3.8) is 0 Å². The average molecular weight is 332 g/mol. The Morgan fingerprint density at radius 3 is 2.95 bits per heavy atom. The van der Waals surface area contributed by atoms with Crippen LogP contribution in [0.1, 0.15) is 16.2 Å². The zero-order chi connectivity index (χ0) is 13.9. The number of fused-ring (bicyclic) bond motifs is 1. The SMILES string of the molecule is O=C(NCc1nnc2ccccn12)c1ccc(Br)nc1. The Morgan fingerprint density at radius 2 is 2.15 bits per heavy atom. The van der Waals surface area contributed by atoms with E-state index < -0.39 is 0 Å². The molecule has 0 aliphatic carbocycles. The predicted molar refractivity (Wildman–Crippen MR) is 76.1 cm³/mol. The minimum absolute atomic E-state index is 0.197. The van der Waals surface area contributed by atoms with Gasteiger partial charge in [0.05, 0.1) is 12.1 Å². The van der Waals surface area contributed by atoms with E-state index in [0.29, 0.717) is 22.5 Å². The molecule has 0 atom stereocenters. The van der Waals surface area contributed by atoms with Gasteiger partial charge >= 0.3 is 0 Å². The summed E-state index contributed by atoms with van der Waals surface area (Å²) in [6.07, 6.45) is 3.37. The van der Waals surface area contributed by atoms with Gasteiger partial charge in [-0.1, -0.05) is 6.07 Å². The smallest absolute Gasteiger partial charge is 0.253 e. The maximum Gasteiger partial charge on any atom is 0.253 e. The standard InChI is InChI=1S/C13H10BrN5O/c14-10-5-4-9(7-15-10)13(20)16-8-12-18-17-11-3-1-2-6-19(11)12/h1-7H,8H2,(H,16,20). The van der Waals surface area contributed by atoms with E-state index in [4.69, 9.17) is 0 Å². The van der Waals surface area contributed by atoms with Gasteiger partial charge in [-0.25, -0.2) is 4.98 Å². The predicted octanol–water partition coefficient (Wildman–Crippen LogP) is 1.82. The monoisotopic (exact) mass is 331 g/mol. The fourth-order valence-electron chi connectivity index (χ4n) is 1.78. The van der Waals surface area contributed by atoms with Crippen LogP contribution in [0.2, 0.25) is 0 Å². The molecule has 0 aliphatic heterocycles. The van der Waals surface area contributed by atoms with Crippen molar-refractivity contribution in [1.29, 1.82) is 0 Å². The first-order valence-electron chi connectivity index (χ1n) is 5.92. The van der Waals surface area contributed by atoms with E-state index in [1.807, 2.05) is 28.8 Å². The van der Waals surface area contributed by atoms with Crippen molar-refractivity contribution in [3.05, 3.63) is 58.7 Å². The molecule has 20 heavy (non-hydrogen) atoms. The molecule has 0 saturated carbocycles. The number of carbonyl (C=O) groups excluding carboxylic acids is 1. The van der Waals surface area contributed by atoms with Crippen LogP contribution in [0.3, 0.4) is 0 Å². The number of pyridine rings is 2. The van der Waals surface area contributed by atoms with Gasteiger partial charge in [0.25, 0.3) is 5.91 Å². The Balaban J connectivity index is 1.73. The number of hydrogen-bond acceptors (Lipinski definition) is 4. The third kappa shape index (κ3) is 2.53. The van der Waals surface area contributed by atoms with Crippen LogP contribution in [0, 0.1) is 0 Å². The molecule has 0 spiro atoms. The zero-order valence-corrected chi connectivity index (χ0v) is 11.9. The van der Waals surface area contributed by atoms with Crippen LogP contribution in [-0.2, 0) is 6.54 Å². The van der Waals surface area contributed by atoms with E-state index in [9.17, 15) is 4.79 Å². The molecule has 0 unspecified atom stereocenters. The quantitative estimate of drug-likeness (QED) is 0.743. The van der Waals surface area contributed by atoms with E-state index in [-0.39, 0.29) is 5.91 Å². The molecule has 0 saturated heterocycles. The lowest BCUT2D eigenvalue weighted by atomic mass is 10.3. The van der Waals surface area contributed by atoms with Crippen LogP contribution in [0.4, 0.5) is 0 Å². The molecule has 0 fully saturated rings. The van der Waals surface area contributed by atoms with E-state index in [1.165, 1.54) is 6.20 Å². The van der Waals surface area contributed by atoms with Crippen molar-refractivity contribution < 1.29 is 4.79 Å². The lowest BCUT2D eigenvalue weighted by molar-refractivity contribution is 0.0949. The van der Waals surface area contributed by atoms with Gasteiger partial charge in [0, 0.05) is 12.4 Å². The van der Waals surface area contributed by atoms with E-state index in [2.05, 4.69) is 36.4 Å². The number of rotatable bonds is 3. The fourth-order valence-corrected chi connectivity index (χ4v) is 2.02. The van der Waals surface area contributed by atoms with Gasteiger partial charge in [0.15, 0.2) is 11.5 Å². The second kappa shape index (κ2) is 5.38. The van der Waals surface area contributed by atoms with Crippen LogP contribution in [0.5, 0.6) is 0 Å². The van der Waals surface area contributed by atoms with Crippen molar-refractivity contribution in [3.8, 4) is 0 Å². The molecule has 3 rings (SSSR count). The highest BCUT2D eigenvalue weighted by molar-refractivity contribution is 9.10. The number of nitrogens with zero attached hydrogens (tertiary/aromatic N) is 4. The van der Waals surface area contributed by atoms with Gasteiger partial charge in [-0.2, -0.15) is 0 Å². The maximum absolute atomic E-state index is 12.0. The highest BCUT2D eigenvalue weighted by Gasteiger charge is 2.09. The minimum Gasteiger partial charge on any atom is -0.345 e. The number of aromatic nitrogens is 4. The molecule has 100 valence electrons. The summed E-state index contributed by atoms with van der Waals surface area (Å²) >= 11 is 3.23. The normalized spacial score (nSPS) is 10.7. The molecule has 3 aromatic rings. The summed E-state index contributed by atoms with van der Waals surface area (Å²) < 4.78 is 2.53. The molecule has 0 bridgehead atoms. The van der Waals surface area contributed by atoms with Crippen molar-refractivity contribution in [2.24, 2.45) is 0 Å². The summed E-state index contributed by atoms with van der Waals surface area (Å²) in [6, 6.07) is 9.06. The lowest BCUT2D eigenvalue weighted by Crippen LogP contribution is -2.24. The van der Waals surface area contributed by atoms with Crippen LogP contribution in [0.25, 0.3) is 5.65 Å². The summed E-state index contributed by atoms with van der Waals surface area (Å²) in [5, 5.41) is 10.9. The summed E-state index contributed by atoms with van der Waals surface area (Å²) in [7, 11) is 0. The topological polar surface area (TPSA) is 72.2 Å². The molecule has 6 nitrogen and oxygen atoms in total. The van der Waals surface area contributed by atoms with Crippen LogP contribution >= 0.6 is 15.9 Å². The van der Waals surface area contributed by atoms with Gasteiger partial charge in [0.2, 0.25) is 0 Å². The molecule has 0 aromatic carbocycles. The van der Waals surface area contributed by atoms with Gasteiger partial charge in [-0.3, -0.25) is 9.20 Å². The Bertz CT molecular complexity index is 753. The number of carbonyl (C=O) groups is 1. The molecular formula is C13H10BrN5O. The van der Waals surface area contributed by atoms with Crippen molar-refractivity contribution >= 4 is 27.5 Å². The first-order chi connectivity index (χ1) is 9.74. The molecule has 7 heteroatoms. The molecule has 3 aromatic heterocycles. The molecule has 1 N–H and O–H groups in total. The van der Waals surface area contributed by atoms with Crippen molar-refractivity contribution in [1.82, 2.24) is 24.9 Å². The van der Waals surface area contributed by atoms with E-state index in [0.717, 1.165) is 5.65 Å². The van der Waals surface area contributed by atoms with Gasteiger partial charge in [-0.05, 0) is 40.2 Å². The Hall–Kier alpha value is -2.28. The third-order valence-corrected chi connectivity index (χ3v) is 3.25. The average Bonchev–Trinajstić information content (AvgIpc) is 2.89.